The Morgan fingerprint density at radius 3 is 2.85 bits per heavy atom. The Balaban J connectivity index is 1.91. The second-order valence-corrected chi connectivity index (χ2v) is 7.06. The summed E-state index contributed by atoms with van der Waals surface area (Å²) in [7, 11) is 0. The molecule has 1 unspecified atom stereocenters. The normalized spacial score (nSPS) is 20.3. The van der Waals surface area contributed by atoms with Crippen molar-refractivity contribution in [2.24, 2.45) is 11.3 Å². The molecule has 2 rings (SSSR count). The van der Waals surface area contributed by atoms with E-state index in [1.165, 1.54) is 25.1 Å². The Labute approximate surface area is 123 Å². The van der Waals surface area contributed by atoms with Crippen molar-refractivity contribution in [3.63, 3.8) is 0 Å². The third kappa shape index (κ3) is 4.20. The molecule has 112 valence electrons. The lowest BCUT2D eigenvalue weighted by Crippen LogP contribution is -2.25. The molecular weight excluding hydrogens is 246 g/mol. The van der Waals surface area contributed by atoms with Gasteiger partial charge in [0.15, 0.2) is 0 Å². The first-order valence-corrected chi connectivity index (χ1v) is 7.90. The zero-order valence-corrected chi connectivity index (χ0v) is 13.4. The first-order valence-electron chi connectivity index (χ1n) is 7.90. The Bertz CT molecular complexity index is 422. The van der Waals surface area contributed by atoms with E-state index in [1.54, 1.807) is 0 Å². The van der Waals surface area contributed by atoms with Crippen molar-refractivity contribution in [1.29, 1.82) is 0 Å². The number of nitrogens with one attached hydrogen (secondary N) is 1. The highest BCUT2D eigenvalue weighted by molar-refractivity contribution is 5.37. The van der Waals surface area contributed by atoms with Gasteiger partial charge in [-0.1, -0.05) is 27.7 Å². The van der Waals surface area contributed by atoms with Crippen molar-refractivity contribution >= 4 is 5.82 Å². The minimum absolute atomic E-state index is 0.431. The van der Waals surface area contributed by atoms with Gasteiger partial charge in [-0.05, 0) is 48.4 Å². The van der Waals surface area contributed by atoms with Crippen LogP contribution in [0.5, 0.6) is 0 Å². The lowest BCUT2D eigenvalue weighted by Gasteiger charge is -2.27. The SMILES string of the molecule is CCCNc1cc(CN2CCC(C(C)(C)C)C2)ccn1. The largest absolute Gasteiger partial charge is 0.370 e. The molecule has 0 saturated carbocycles. The number of hydrogen-bond acceptors (Lipinski definition) is 3. The summed E-state index contributed by atoms with van der Waals surface area (Å²) in [4.78, 5) is 6.95. The van der Waals surface area contributed by atoms with Crippen LogP contribution in [-0.4, -0.2) is 29.5 Å². The number of anilines is 1. The van der Waals surface area contributed by atoms with Gasteiger partial charge in [0.2, 0.25) is 0 Å². The van der Waals surface area contributed by atoms with Crippen molar-refractivity contribution in [2.45, 2.75) is 47.1 Å². The number of likely N-dealkylation sites (tertiary alicyclic amines) is 1. The van der Waals surface area contributed by atoms with Crippen LogP contribution in [0.25, 0.3) is 0 Å². The molecule has 0 aliphatic carbocycles. The molecule has 1 aliphatic rings. The summed E-state index contributed by atoms with van der Waals surface area (Å²) in [5.41, 5.74) is 1.80. The molecule has 0 radical (unpaired) electrons. The van der Waals surface area contributed by atoms with Gasteiger partial charge >= 0.3 is 0 Å². The van der Waals surface area contributed by atoms with E-state index < -0.39 is 0 Å². The van der Waals surface area contributed by atoms with Crippen LogP contribution in [0, 0.1) is 11.3 Å². The van der Waals surface area contributed by atoms with Gasteiger partial charge in [-0.15, -0.1) is 0 Å². The maximum absolute atomic E-state index is 4.38. The molecule has 3 nitrogen and oxygen atoms in total. The van der Waals surface area contributed by atoms with Crippen LogP contribution in [0.15, 0.2) is 18.3 Å². The first kappa shape index (κ1) is 15.3. The standard InChI is InChI=1S/C17H29N3/c1-5-8-18-16-11-14(6-9-19-16)12-20-10-7-15(13-20)17(2,3)4/h6,9,11,15H,5,7-8,10,12-13H2,1-4H3,(H,18,19). The van der Waals surface area contributed by atoms with Gasteiger partial charge in [-0.3, -0.25) is 4.90 Å². The lowest BCUT2D eigenvalue weighted by atomic mass is 9.80. The number of pyridine rings is 1. The summed E-state index contributed by atoms with van der Waals surface area (Å²) in [6.45, 7) is 13.8. The molecule has 1 saturated heterocycles. The van der Waals surface area contributed by atoms with Gasteiger partial charge in [0.1, 0.15) is 5.82 Å². The van der Waals surface area contributed by atoms with Crippen LogP contribution in [0.1, 0.15) is 46.1 Å². The van der Waals surface area contributed by atoms with Crippen LogP contribution in [0.3, 0.4) is 0 Å². The zero-order chi connectivity index (χ0) is 14.6. The summed E-state index contributed by atoms with van der Waals surface area (Å²) >= 11 is 0. The molecule has 3 heteroatoms. The predicted molar refractivity (Wildman–Crippen MR) is 85.9 cm³/mol. The second-order valence-electron chi connectivity index (χ2n) is 7.06. The van der Waals surface area contributed by atoms with Gasteiger partial charge in [0.05, 0.1) is 0 Å². The molecule has 1 aliphatic heterocycles. The lowest BCUT2D eigenvalue weighted by molar-refractivity contribution is 0.226. The molecular formula is C17H29N3. The van der Waals surface area contributed by atoms with Crippen molar-refractivity contribution in [3.05, 3.63) is 23.9 Å². The van der Waals surface area contributed by atoms with Crippen molar-refractivity contribution in [1.82, 2.24) is 9.88 Å². The van der Waals surface area contributed by atoms with Gasteiger partial charge in [-0.2, -0.15) is 0 Å². The van der Waals surface area contributed by atoms with Crippen LogP contribution in [-0.2, 0) is 6.54 Å². The van der Waals surface area contributed by atoms with Gasteiger partial charge in [0, 0.05) is 25.8 Å². The summed E-state index contributed by atoms with van der Waals surface area (Å²) in [6.07, 6.45) is 4.38. The predicted octanol–water partition coefficient (Wildman–Crippen LogP) is 3.77. The van der Waals surface area contributed by atoms with E-state index in [9.17, 15) is 0 Å². The maximum atomic E-state index is 4.38. The number of hydrogen-bond donors (Lipinski definition) is 1. The maximum Gasteiger partial charge on any atom is 0.126 e. The summed E-state index contributed by atoms with van der Waals surface area (Å²) in [5, 5.41) is 3.36. The van der Waals surface area contributed by atoms with E-state index in [2.05, 4.69) is 55.0 Å². The Kier molecular flexibility index (Phi) is 5.03. The average molecular weight is 275 g/mol. The molecule has 0 amide bonds. The monoisotopic (exact) mass is 275 g/mol. The fourth-order valence-electron chi connectivity index (χ4n) is 2.86. The Morgan fingerprint density at radius 2 is 2.20 bits per heavy atom. The summed E-state index contributed by atoms with van der Waals surface area (Å²) < 4.78 is 0. The number of aromatic nitrogens is 1. The second kappa shape index (κ2) is 6.57. The van der Waals surface area contributed by atoms with E-state index in [-0.39, 0.29) is 0 Å². The van der Waals surface area contributed by atoms with Crippen molar-refractivity contribution in [2.75, 3.05) is 25.0 Å². The quantitative estimate of drug-likeness (QED) is 0.886. The minimum atomic E-state index is 0.431. The Hall–Kier alpha value is -1.09. The van der Waals surface area contributed by atoms with Gasteiger partial charge in [0.25, 0.3) is 0 Å². The molecule has 0 aromatic carbocycles. The molecule has 1 aromatic heterocycles. The Morgan fingerprint density at radius 1 is 1.40 bits per heavy atom. The average Bonchev–Trinajstić information content (AvgIpc) is 2.85. The molecule has 1 fully saturated rings. The van der Waals surface area contributed by atoms with E-state index in [1.807, 2.05) is 6.20 Å². The third-order valence-electron chi connectivity index (χ3n) is 4.28. The highest BCUT2D eigenvalue weighted by Crippen LogP contribution is 2.34. The van der Waals surface area contributed by atoms with E-state index in [0.29, 0.717) is 5.41 Å². The molecule has 1 N–H and O–H groups in total. The van der Waals surface area contributed by atoms with Gasteiger partial charge in [-0.25, -0.2) is 4.98 Å². The fraction of sp³-hybridized carbons (Fsp3) is 0.706. The summed E-state index contributed by atoms with van der Waals surface area (Å²) in [5.74, 6) is 1.83. The molecule has 2 heterocycles. The molecule has 1 atom stereocenters. The highest BCUT2D eigenvalue weighted by atomic mass is 15.1. The van der Waals surface area contributed by atoms with E-state index >= 15 is 0 Å². The summed E-state index contributed by atoms with van der Waals surface area (Å²) in [6, 6.07) is 4.33. The smallest absolute Gasteiger partial charge is 0.126 e. The van der Waals surface area contributed by atoms with Crippen molar-refractivity contribution in [3.8, 4) is 0 Å². The minimum Gasteiger partial charge on any atom is -0.370 e. The molecule has 0 bridgehead atoms. The zero-order valence-electron chi connectivity index (χ0n) is 13.4. The fourth-order valence-corrected chi connectivity index (χ4v) is 2.86. The van der Waals surface area contributed by atoms with Crippen LogP contribution in [0.4, 0.5) is 5.82 Å². The van der Waals surface area contributed by atoms with Crippen LogP contribution >= 0.6 is 0 Å². The molecule has 0 spiro atoms. The number of nitrogens with zero attached hydrogens (tertiary/aromatic N) is 2. The van der Waals surface area contributed by atoms with E-state index in [0.717, 1.165) is 31.2 Å². The van der Waals surface area contributed by atoms with Crippen LogP contribution in [0.2, 0.25) is 0 Å². The molecule has 1 aromatic rings. The van der Waals surface area contributed by atoms with Crippen LogP contribution < -0.4 is 5.32 Å². The van der Waals surface area contributed by atoms with Crippen molar-refractivity contribution < 1.29 is 0 Å². The highest BCUT2D eigenvalue weighted by Gasteiger charge is 2.31. The third-order valence-corrected chi connectivity index (χ3v) is 4.28. The molecule has 20 heavy (non-hydrogen) atoms. The number of rotatable bonds is 5. The topological polar surface area (TPSA) is 28.2 Å². The van der Waals surface area contributed by atoms with E-state index in [4.69, 9.17) is 0 Å². The van der Waals surface area contributed by atoms with Gasteiger partial charge < -0.3 is 5.32 Å². The first-order chi connectivity index (χ1) is 9.49.